The number of carbonyl (C=O) groups excluding carboxylic acids is 1. The van der Waals surface area contributed by atoms with Gasteiger partial charge in [-0.05, 0) is 110 Å². The van der Waals surface area contributed by atoms with Gasteiger partial charge in [0.15, 0.2) is 12.3 Å². The quantitative estimate of drug-likeness (QED) is 0.0230. The van der Waals surface area contributed by atoms with Crippen molar-refractivity contribution in [3.05, 3.63) is 287 Å². The van der Waals surface area contributed by atoms with Crippen molar-refractivity contribution in [2.45, 2.75) is 42.9 Å². The molecule has 0 radical (unpaired) electrons. The number of nitrogens with zero attached hydrogens (tertiary/aromatic N) is 3. The van der Waals surface area contributed by atoms with Crippen LogP contribution in [-0.4, -0.2) is 47.5 Å². The molecule has 0 spiro atoms. The molecule has 79 heavy (non-hydrogen) atoms. The van der Waals surface area contributed by atoms with Crippen molar-refractivity contribution in [3.63, 3.8) is 0 Å². The Morgan fingerprint density at radius 3 is 1.44 bits per heavy atom. The number of carboxylic acids is 1. The second-order valence-electron chi connectivity index (χ2n) is 20.9. The number of carbonyl (C=O) groups is 2. The highest BCUT2D eigenvalue weighted by Crippen LogP contribution is 2.58. The molecule has 10 aromatic carbocycles. The van der Waals surface area contributed by atoms with Gasteiger partial charge in [-0.25, -0.2) is 0 Å². The molecule has 0 atom stereocenters. The van der Waals surface area contributed by atoms with Crippen molar-refractivity contribution >= 4 is 72.6 Å². The summed E-state index contributed by atoms with van der Waals surface area (Å²) in [5, 5.41) is 30.9. The Morgan fingerprint density at radius 2 is 0.962 bits per heavy atom. The number of ether oxygens (including phenoxy) is 1. The van der Waals surface area contributed by atoms with Gasteiger partial charge in [-0.3, -0.25) is 9.59 Å². The SMILES string of the molecule is N#CC(C=CC1=[N+](CCC(=O)O)c2c(c3ccccc3c3ccccc23)C1(Cc1ccccc1)Cc1ccccc1)=CC=C1N(CCOC=O)c2c(c3ccccc3c3ccccc23)C1(Cc1ccccc1)Cc1ccccc1. The fourth-order valence-corrected chi connectivity index (χ4v) is 13.2. The van der Waals surface area contributed by atoms with Gasteiger partial charge in [-0.2, -0.15) is 9.84 Å². The van der Waals surface area contributed by atoms with Gasteiger partial charge >= 0.3 is 5.97 Å². The third kappa shape index (κ3) is 9.25. The van der Waals surface area contributed by atoms with E-state index in [0.29, 0.717) is 44.3 Å². The molecule has 0 saturated heterocycles. The first-order chi connectivity index (χ1) is 38.9. The van der Waals surface area contributed by atoms with E-state index in [1.165, 1.54) is 5.56 Å². The topological polar surface area (TPSA) is 93.6 Å². The Labute approximate surface area is 460 Å². The van der Waals surface area contributed by atoms with Crippen molar-refractivity contribution in [3.8, 4) is 6.07 Å². The van der Waals surface area contributed by atoms with E-state index < -0.39 is 16.8 Å². The fraction of sp³-hybridized carbons (Fsp3) is 0.139. The molecule has 10 aromatic rings. The lowest BCUT2D eigenvalue weighted by atomic mass is 9.67. The summed E-state index contributed by atoms with van der Waals surface area (Å²) in [6, 6.07) is 79.3. The van der Waals surface area contributed by atoms with Gasteiger partial charge < -0.3 is 14.7 Å². The van der Waals surface area contributed by atoms with Crippen LogP contribution in [0.15, 0.2) is 254 Å². The summed E-state index contributed by atoms with van der Waals surface area (Å²) in [7, 11) is 0. The van der Waals surface area contributed by atoms with Gasteiger partial charge in [0, 0.05) is 28.1 Å². The van der Waals surface area contributed by atoms with Gasteiger partial charge in [0.2, 0.25) is 5.69 Å². The molecule has 384 valence electrons. The smallest absolute Gasteiger partial charge is 0.309 e. The van der Waals surface area contributed by atoms with Crippen LogP contribution < -0.4 is 4.90 Å². The minimum atomic E-state index is -0.890. The van der Waals surface area contributed by atoms with Crippen molar-refractivity contribution in [1.82, 2.24) is 0 Å². The zero-order valence-corrected chi connectivity index (χ0v) is 43.8. The molecule has 0 amide bonds. The van der Waals surface area contributed by atoms with E-state index in [9.17, 15) is 20.0 Å². The predicted octanol–water partition coefficient (Wildman–Crippen LogP) is 14.9. The summed E-state index contributed by atoms with van der Waals surface area (Å²) in [4.78, 5) is 27.1. The van der Waals surface area contributed by atoms with Gasteiger partial charge in [0.25, 0.3) is 6.47 Å². The maximum absolute atomic E-state index is 12.8. The van der Waals surface area contributed by atoms with E-state index in [1.54, 1.807) is 0 Å². The Bertz CT molecular complexity index is 4040. The molecule has 7 heteroatoms. The van der Waals surface area contributed by atoms with E-state index in [2.05, 4.69) is 234 Å². The van der Waals surface area contributed by atoms with Crippen LogP contribution >= 0.6 is 0 Å². The van der Waals surface area contributed by atoms with Crippen molar-refractivity contribution in [1.29, 1.82) is 5.26 Å². The number of allylic oxidation sites excluding steroid dienone is 6. The monoisotopic (exact) mass is 1030 g/mol. The molecular weight excluding hydrogens is 971 g/mol. The number of rotatable bonds is 18. The number of benzene rings is 10. The molecule has 0 saturated carbocycles. The molecule has 0 aromatic heterocycles. The van der Waals surface area contributed by atoms with Crippen LogP contribution in [0.2, 0.25) is 0 Å². The molecule has 7 nitrogen and oxygen atoms in total. The maximum atomic E-state index is 12.8. The number of nitriles is 1. The van der Waals surface area contributed by atoms with Gasteiger partial charge in [-0.1, -0.05) is 212 Å². The van der Waals surface area contributed by atoms with Crippen LogP contribution in [0, 0.1) is 11.3 Å². The normalized spacial score (nSPS) is 15.1. The fourth-order valence-electron chi connectivity index (χ4n) is 13.2. The number of anilines is 1. The van der Waals surface area contributed by atoms with Gasteiger partial charge in [-0.15, -0.1) is 0 Å². The lowest BCUT2D eigenvalue weighted by molar-refractivity contribution is -0.435. The largest absolute Gasteiger partial charge is 0.481 e. The summed E-state index contributed by atoms with van der Waals surface area (Å²) in [6.45, 7) is 1.24. The Hall–Kier alpha value is -9.64. The predicted molar refractivity (Wildman–Crippen MR) is 319 cm³/mol. The molecule has 0 aliphatic carbocycles. The van der Waals surface area contributed by atoms with Crippen LogP contribution in [-0.2, 0) is 50.8 Å². The first-order valence-electron chi connectivity index (χ1n) is 27.1. The standard InChI is InChI=1S/C72H57N3O4/c73-49-55(37-39-64-71(45-51-21-5-1-6-22-51,46-52-23-7-2-8-24-52)67-60-33-17-13-29-56(60)58-31-15-19-35-62(58)69(67)74(64)42-41-66(77)78)38-40-65-72(47-53-25-9-3-10-26-53,48-54-27-11-4-12-28-54)68-61-34-18-14-30-57(61)59-32-16-20-36-63(59)70(68)75(65)43-44-79-50-76/h1-40,50H,41-48H2/p+1. The van der Waals surface area contributed by atoms with Crippen LogP contribution in [0.5, 0.6) is 0 Å². The molecule has 2 heterocycles. The third-order valence-electron chi connectivity index (χ3n) is 16.3. The number of aliphatic carboxylic acids is 1. The number of hydrogen-bond acceptors (Lipinski definition) is 5. The minimum Gasteiger partial charge on any atom is -0.481 e. The van der Waals surface area contributed by atoms with Crippen LogP contribution in [0.3, 0.4) is 0 Å². The lowest BCUT2D eigenvalue weighted by Crippen LogP contribution is -2.39. The zero-order chi connectivity index (χ0) is 53.8. The molecule has 1 N–H and O–H groups in total. The number of hydrogen-bond donors (Lipinski definition) is 1. The first kappa shape index (κ1) is 50.2. The molecule has 0 fully saturated rings. The second kappa shape index (κ2) is 21.8. The average molecular weight is 1030 g/mol. The summed E-state index contributed by atoms with van der Waals surface area (Å²) in [5.41, 5.74) is 9.89. The highest BCUT2D eigenvalue weighted by molar-refractivity contribution is 6.20. The zero-order valence-electron chi connectivity index (χ0n) is 43.8. The Morgan fingerprint density at radius 1 is 0.544 bits per heavy atom. The maximum Gasteiger partial charge on any atom is 0.309 e. The van der Waals surface area contributed by atoms with E-state index in [4.69, 9.17) is 4.74 Å². The highest BCUT2D eigenvalue weighted by atomic mass is 16.5. The van der Waals surface area contributed by atoms with E-state index in [-0.39, 0.29) is 19.6 Å². The third-order valence-corrected chi connectivity index (χ3v) is 16.3. The molecular formula is C72H58N3O4+. The molecule has 0 unspecified atom stereocenters. The van der Waals surface area contributed by atoms with Crippen LogP contribution in [0.25, 0.3) is 43.1 Å². The molecule has 2 aliphatic rings. The van der Waals surface area contributed by atoms with Crippen molar-refractivity contribution < 1.29 is 24.0 Å². The molecule has 0 bridgehead atoms. The summed E-state index contributed by atoms with van der Waals surface area (Å²) >= 11 is 0. The summed E-state index contributed by atoms with van der Waals surface area (Å²) in [6.07, 6.45) is 10.5. The van der Waals surface area contributed by atoms with E-state index in [1.807, 2.05) is 24.3 Å². The number of carboxylic acid groups (broad SMARTS) is 1. The second-order valence-corrected chi connectivity index (χ2v) is 20.9. The highest BCUT2D eigenvalue weighted by Gasteiger charge is 2.54. The molecule has 12 rings (SSSR count). The lowest BCUT2D eigenvalue weighted by Gasteiger charge is -2.35. The Kier molecular flexibility index (Phi) is 13.8. The van der Waals surface area contributed by atoms with Gasteiger partial charge in [0.05, 0.1) is 34.7 Å². The Balaban J connectivity index is 1.13. The minimum absolute atomic E-state index is 0.101. The van der Waals surface area contributed by atoms with Crippen LogP contribution in [0.4, 0.5) is 11.4 Å². The van der Waals surface area contributed by atoms with E-state index in [0.717, 1.165) is 93.7 Å². The van der Waals surface area contributed by atoms with Crippen molar-refractivity contribution in [2.75, 3.05) is 24.6 Å². The first-order valence-corrected chi connectivity index (χ1v) is 27.1. The average Bonchev–Trinajstić information content (AvgIpc) is 3.70. The summed E-state index contributed by atoms with van der Waals surface area (Å²) < 4.78 is 7.81. The summed E-state index contributed by atoms with van der Waals surface area (Å²) in [5.74, 6) is -0.890. The van der Waals surface area contributed by atoms with Crippen LogP contribution in [0.1, 0.15) is 39.8 Å². The molecule has 2 aliphatic heterocycles. The number of fused-ring (bicyclic) bond motifs is 12. The van der Waals surface area contributed by atoms with E-state index >= 15 is 0 Å². The van der Waals surface area contributed by atoms with Crippen molar-refractivity contribution in [2.24, 2.45) is 0 Å². The van der Waals surface area contributed by atoms with Gasteiger partial charge in [0.1, 0.15) is 13.0 Å².